The Balaban J connectivity index is 3.15. The molecule has 0 aliphatic rings. The molecule has 0 N–H and O–H groups in total. The largest absolute Gasteiger partial charge is 0.455 e. The maximum atomic E-state index is 11.3. The van der Waals surface area contributed by atoms with Crippen molar-refractivity contribution in [2.75, 3.05) is 0 Å². The van der Waals surface area contributed by atoms with Crippen LogP contribution in [0.4, 0.5) is 0 Å². The van der Waals surface area contributed by atoms with Gasteiger partial charge in [0.25, 0.3) is 0 Å². The van der Waals surface area contributed by atoms with E-state index in [4.69, 9.17) is 4.84 Å². The fourth-order valence-corrected chi connectivity index (χ4v) is 1.09. The normalized spacial score (nSPS) is 10.2. The molecule has 6 nitrogen and oxygen atoms in total. The highest BCUT2D eigenvalue weighted by Crippen LogP contribution is 1.97. The predicted molar refractivity (Wildman–Crippen MR) is 55.2 cm³/mol. The molecule has 0 spiro atoms. The Morgan fingerprint density at radius 3 is 2.56 bits per heavy atom. The van der Waals surface area contributed by atoms with Gasteiger partial charge in [-0.15, -0.1) is 4.73 Å². The number of aromatic nitrogens is 1. The van der Waals surface area contributed by atoms with Crippen molar-refractivity contribution in [2.45, 2.75) is 33.6 Å². The average molecular weight is 227 g/mol. The number of carbonyl (C=O) groups is 1. The van der Waals surface area contributed by atoms with Crippen LogP contribution in [0.2, 0.25) is 0 Å². The van der Waals surface area contributed by atoms with Crippen molar-refractivity contribution in [2.24, 2.45) is 0 Å². The molecule has 0 saturated heterocycles. The highest BCUT2D eigenvalue weighted by molar-refractivity contribution is 5.69. The van der Waals surface area contributed by atoms with Crippen LogP contribution < -0.4 is 16.2 Å². The molecule has 88 valence electrons. The first-order chi connectivity index (χ1) is 7.47. The van der Waals surface area contributed by atoms with E-state index in [2.05, 4.69) is 4.42 Å². The van der Waals surface area contributed by atoms with Gasteiger partial charge in [-0.25, -0.2) is 14.4 Å². The minimum absolute atomic E-state index is 0.198. The minimum Gasteiger partial charge on any atom is -0.370 e. The fourth-order valence-electron chi connectivity index (χ4n) is 1.09. The van der Waals surface area contributed by atoms with Crippen molar-refractivity contribution < 1.29 is 14.0 Å². The lowest BCUT2D eigenvalue weighted by Crippen LogP contribution is -2.35. The Morgan fingerprint density at radius 1 is 1.38 bits per heavy atom. The third kappa shape index (κ3) is 2.39. The van der Waals surface area contributed by atoms with Gasteiger partial charge >= 0.3 is 17.4 Å². The lowest BCUT2D eigenvalue weighted by Gasteiger charge is -2.08. The van der Waals surface area contributed by atoms with E-state index in [1.54, 1.807) is 0 Å². The van der Waals surface area contributed by atoms with E-state index < -0.39 is 17.4 Å². The van der Waals surface area contributed by atoms with E-state index in [0.29, 0.717) is 11.2 Å². The summed E-state index contributed by atoms with van der Waals surface area (Å²) in [6, 6.07) is 0. The second kappa shape index (κ2) is 4.78. The minimum atomic E-state index is -0.988. The zero-order valence-electron chi connectivity index (χ0n) is 9.40. The van der Waals surface area contributed by atoms with Gasteiger partial charge in [0.05, 0.1) is 11.3 Å². The molecule has 1 rings (SSSR count). The quantitative estimate of drug-likeness (QED) is 0.735. The van der Waals surface area contributed by atoms with Crippen LogP contribution in [0, 0.1) is 13.8 Å². The van der Waals surface area contributed by atoms with Gasteiger partial charge in [-0.1, -0.05) is 6.92 Å². The van der Waals surface area contributed by atoms with Gasteiger partial charge in [0.2, 0.25) is 0 Å². The average Bonchev–Trinajstić information content (AvgIpc) is 2.22. The number of rotatable bonds is 3. The van der Waals surface area contributed by atoms with Crippen LogP contribution in [0.1, 0.15) is 31.0 Å². The molecule has 0 aromatic carbocycles. The van der Waals surface area contributed by atoms with E-state index in [1.165, 1.54) is 13.8 Å². The van der Waals surface area contributed by atoms with Crippen molar-refractivity contribution in [1.29, 1.82) is 0 Å². The van der Waals surface area contributed by atoms with Crippen LogP contribution >= 0.6 is 0 Å². The molecule has 0 unspecified atom stereocenters. The molecule has 1 aromatic heterocycles. The molecule has 0 fully saturated rings. The maximum Gasteiger partial charge on any atom is 0.455 e. The highest BCUT2D eigenvalue weighted by Gasteiger charge is 2.13. The standard InChI is InChI=1S/C10H13NO5/c1-4-5-8(12)16-11-7(3)6(2)9(13)15-10(11)14/h4-5H2,1-3H3. The van der Waals surface area contributed by atoms with Gasteiger partial charge in [0.1, 0.15) is 0 Å². The van der Waals surface area contributed by atoms with Crippen LogP contribution in [-0.4, -0.2) is 10.7 Å². The predicted octanol–water partition coefficient (Wildman–Crippen LogP) is 0.174. The molecule has 0 aliphatic heterocycles. The molecule has 0 saturated carbocycles. The lowest BCUT2D eigenvalue weighted by atomic mass is 10.3. The smallest absolute Gasteiger partial charge is 0.370 e. The van der Waals surface area contributed by atoms with E-state index in [9.17, 15) is 14.4 Å². The molecule has 0 radical (unpaired) electrons. The van der Waals surface area contributed by atoms with Gasteiger partial charge < -0.3 is 9.25 Å². The number of hydrogen-bond acceptors (Lipinski definition) is 5. The fraction of sp³-hybridized carbons (Fsp3) is 0.500. The number of hydrogen-bond donors (Lipinski definition) is 0. The van der Waals surface area contributed by atoms with Gasteiger partial charge in [0.15, 0.2) is 0 Å². The van der Waals surface area contributed by atoms with Crippen LogP contribution in [0.3, 0.4) is 0 Å². The Bertz CT molecular complexity index is 511. The zero-order chi connectivity index (χ0) is 12.3. The van der Waals surface area contributed by atoms with Crippen LogP contribution in [0.25, 0.3) is 0 Å². The van der Waals surface area contributed by atoms with Gasteiger partial charge in [-0.05, 0) is 20.3 Å². The molecule has 1 heterocycles. The SMILES string of the molecule is CCCC(=O)On1c(C)c(C)c(=O)oc1=O. The van der Waals surface area contributed by atoms with Crippen molar-refractivity contribution in [3.05, 3.63) is 32.2 Å². The molecule has 0 aliphatic carbocycles. The van der Waals surface area contributed by atoms with E-state index in [0.717, 1.165) is 0 Å². The van der Waals surface area contributed by atoms with Crippen molar-refractivity contribution in [3.63, 3.8) is 0 Å². The van der Waals surface area contributed by atoms with E-state index in [-0.39, 0.29) is 17.7 Å². The van der Waals surface area contributed by atoms with Crippen molar-refractivity contribution >= 4 is 5.97 Å². The van der Waals surface area contributed by atoms with Crippen molar-refractivity contribution in [1.82, 2.24) is 4.73 Å². The number of nitrogens with zero attached hydrogens (tertiary/aromatic N) is 1. The summed E-state index contributed by atoms with van der Waals surface area (Å²) < 4.78 is 5.08. The van der Waals surface area contributed by atoms with E-state index >= 15 is 0 Å². The van der Waals surface area contributed by atoms with Crippen LogP contribution in [0.5, 0.6) is 0 Å². The summed E-state index contributed by atoms with van der Waals surface area (Å²) in [5.74, 6) is -1.53. The monoisotopic (exact) mass is 227 g/mol. The summed E-state index contributed by atoms with van der Waals surface area (Å²) in [5, 5.41) is 0. The Labute approximate surface area is 91.4 Å². The molecule has 16 heavy (non-hydrogen) atoms. The van der Waals surface area contributed by atoms with Crippen LogP contribution in [0.15, 0.2) is 14.0 Å². The lowest BCUT2D eigenvalue weighted by molar-refractivity contribution is -0.145. The topological polar surface area (TPSA) is 78.5 Å². The summed E-state index contributed by atoms with van der Waals surface area (Å²) in [4.78, 5) is 38.4. The zero-order valence-corrected chi connectivity index (χ0v) is 9.40. The van der Waals surface area contributed by atoms with Crippen LogP contribution in [-0.2, 0) is 4.79 Å². The first kappa shape index (κ1) is 12.2. The molecule has 0 bridgehead atoms. The first-order valence-electron chi connectivity index (χ1n) is 4.92. The summed E-state index contributed by atoms with van der Waals surface area (Å²) in [5.41, 5.74) is -0.208. The number of carbonyl (C=O) groups excluding carboxylic acids is 1. The Kier molecular flexibility index (Phi) is 3.65. The molecule has 6 heteroatoms. The van der Waals surface area contributed by atoms with E-state index in [1.807, 2.05) is 6.92 Å². The molecular weight excluding hydrogens is 214 g/mol. The molecule has 1 aromatic rings. The Hall–Kier alpha value is -1.85. The highest BCUT2D eigenvalue weighted by atomic mass is 16.7. The summed E-state index contributed by atoms with van der Waals surface area (Å²) in [6.07, 6.45) is 0.812. The van der Waals surface area contributed by atoms with Gasteiger partial charge in [0, 0.05) is 6.42 Å². The second-order valence-corrected chi connectivity index (χ2v) is 3.37. The summed E-state index contributed by atoms with van der Waals surface area (Å²) in [7, 11) is 0. The van der Waals surface area contributed by atoms with Crippen molar-refractivity contribution in [3.8, 4) is 0 Å². The van der Waals surface area contributed by atoms with Gasteiger partial charge in [-0.3, -0.25) is 0 Å². The molecular formula is C10H13NO5. The molecule has 0 atom stereocenters. The first-order valence-corrected chi connectivity index (χ1v) is 4.92. The summed E-state index contributed by atoms with van der Waals surface area (Å²) in [6.45, 7) is 4.81. The molecule has 0 amide bonds. The van der Waals surface area contributed by atoms with Gasteiger partial charge in [-0.2, -0.15) is 0 Å². The third-order valence-corrected chi connectivity index (χ3v) is 2.15. The maximum absolute atomic E-state index is 11.3. The second-order valence-electron chi connectivity index (χ2n) is 3.37. The third-order valence-electron chi connectivity index (χ3n) is 2.15. The Morgan fingerprint density at radius 2 is 2.00 bits per heavy atom. The summed E-state index contributed by atoms with van der Waals surface area (Å²) >= 11 is 0.